The summed E-state index contributed by atoms with van der Waals surface area (Å²) in [5.74, 6) is 1.64. The van der Waals surface area contributed by atoms with Gasteiger partial charge in [0.2, 0.25) is 16.6 Å². The number of rotatable bonds is 16. The minimum Gasteiger partial charge on any atom is -0.491 e. The van der Waals surface area contributed by atoms with Gasteiger partial charge in [-0.2, -0.15) is 0 Å². The van der Waals surface area contributed by atoms with E-state index in [9.17, 15) is 0 Å². The highest BCUT2D eigenvalue weighted by atomic mass is 28.5. The first-order chi connectivity index (χ1) is 18.0. The van der Waals surface area contributed by atoms with Crippen molar-refractivity contribution in [3.8, 4) is 11.5 Å². The van der Waals surface area contributed by atoms with Gasteiger partial charge < -0.3 is 33.3 Å². The highest BCUT2D eigenvalue weighted by Crippen LogP contribution is 2.31. The normalized spacial score (nSPS) is 14.6. The monoisotopic (exact) mass is 608 g/mol. The van der Waals surface area contributed by atoms with Crippen LogP contribution >= 0.6 is 0 Å². The first-order valence-corrected chi connectivity index (χ1v) is 25.7. The summed E-state index contributed by atoms with van der Waals surface area (Å²) in [6.07, 6.45) is 3.87. The predicted octanol–water partition coefficient (Wildman–Crippen LogP) is 7.59. The Morgan fingerprint density at radius 3 is 1.13 bits per heavy atom. The molecular formula is C28H52N2O5Si4. The summed E-state index contributed by atoms with van der Waals surface area (Å²) in [7, 11) is -9.73. The number of anilines is 2. The molecule has 0 heterocycles. The largest absolute Gasteiger partial charge is 0.491 e. The summed E-state index contributed by atoms with van der Waals surface area (Å²) in [4.78, 5) is 0. The average molecular weight is 609 g/mol. The molecule has 39 heavy (non-hydrogen) atoms. The van der Waals surface area contributed by atoms with E-state index in [-0.39, 0.29) is 11.5 Å². The Morgan fingerprint density at radius 1 is 0.538 bits per heavy atom. The first kappa shape index (κ1) is 33.6. The van der Waals surface area contributed by atoms with Gasteiger partial charge in [-0.25, -0.2) is 0 Å². The van der Waals surface area contributed by atoms with Crippen LogP contribution in [0.3, 0.4) is 0 Å². The molecule has 0 radical (unpaired) electrons. The number of nitrogens with two attached hydrogens (primary N) is 2. The molecule has 0 aromatic heterocycles. The van der Waals surface area contributed by atoms with Gasteiger partial charge in [0.1, 0.15) is 23.0 Å². The standard InChI is InChI=1S/C28H52N2O5Si4/c1-11-13-27(31-25-19-15-23(29)16-20-25)36(3,4)33-38(7,8)35-39(9,10)34-37(5,6)28(14-12-2)32-26-21-17-24(30)18-22-26/h15-22,27-28H,11-14,29-30H2,1-10H3. The van der Waals surface area contributed by atoms with Crippen molar-refractivity contribution in [2.24, 2.45) is 0 Å². The van der Waals surface area contributed by atoms with Gasteiger partial charge in [0, 0.05) is 11.4 Å². The Labute approximate surface area is 241 Å². The second-order valence-corrected chi connectivity index (χ2v) is 28.0. The molecule has 0 bridgehead atoms. The molecule has 2 aromatic carbocycles. The van der Waals surface area contributed by atoms with Crippen molar-refractivity contribution >= 4 is 45.1 Å². The molecular weight excluding hydrogens is 557 g/mol. The van der Waals surface area contributed by atoms with Crippen LogP contribution in [0.15, 0.2) is 48.5 Å². The van der Waals surface area contributed by atoms with Crippen LogP contribution in [-0.4, -0.2) is 45.2 Å². The molecule has 2 aromatic rings. The number of hydrogen-bond acceptors (Lipinski definition) is 7. The van der Waals surface area contributed by atoms with Crippen molar-refractivity contribution < 1.29 is 21.8 Å². The topological polar surface area (TPSA) is 98.2 Å². The third-order valence-corrected chi connectivity index (χ3v) is 22.5. The Balaban J connectivity index is 2.13. The van der Waals surface area contributed by atoms with Gasteiger partial charge >= 0.3 is 17.1 Å². The highest BCUT2D eigenvalue weighted by Gasteiger charge is 2.48. The lowest BCUT2D eigenvalue weighted by molar-refractivity contribution is 0.219. The highest BCUT2D eigenvalue weighted by molar-refractivity contribution is 6.90. The average Bonchev–Trinajstić information content (AvgIpc) is 2.79. The molecule has 0 aliphatic heterocycles. The molecule has 220 valence electrons. The van der Waals surface area contributed by atoms with E-state index in [0.717, 1.165) is 48.6 Å². The Morgan fingerprint density at radius 2 is 0.846 bits per heavy atom. The molecule has 0 saturated carbocycles. The molecule has 4 N–H and O–H groups in total. The lowest BCUT2D eigenvalue weighted by Crippen LogP contribution is -2.61. The number of ether oxygens (including phenoxy) is 2. The van der Waals surface area contributed by atoms with Crippen LogP contribution < -0.4 is 20.9 Å². The molecule has 2 unspecified atom stereocenters. The lowest BCUT2D eigenvalue weighted by Gasteiger charge is -2.44. The Bertz CT molecular complexity index is 936. The van der Waals surface area contributed by atoms with Crippen molar-refractivity contribution in [1.29, 1.82) is 0 Å². The van der Waals surface area contributed by atoms with Gasteiger partial charge in [-0.1, -0.05) is 26.7 Å². The van der Waals surface area contributed by atoms with E-state index < -0.39 is 33.8 Å². The van der Waals surface area contributed by atoms with Crippen molar-refractivity contribution in [3.63, 3.8) is 0 Å². The fraction of sp³-hybridized carbons (Fsp3) is 0.571. The summed E-state index contributed by atoms with van der Waals surface area (Å²) < 4.78 is 33.6. The fourth-order valence-corrected chi connectivity index (χ4v) is 24.9. The van der Waals surface area contributed by atoms with E-state index in [0.29, 0.717) is 0 Å². The molecule has 0 saturated heterocycles. The molecule has 0 spiro atoms. The fourth-order valence-electron chi connectivity index (χ4n) is 5.07. The zero-order valence-electron chi connectivity index (χ0n) is 25.8. The van der Waals surface area contributed by atoms with Crippen molar-refractivity contribution in [1.82, 2.24) is 0 Å². The van der Waals surface area contributed by atoms with Gasteiger partial charge in [0.15, 0.2) is 0 Å². The van der Waals surface area contributed by atoms with Crippen LogP contribution in [0.2, 0.25) is 52.4 Å². The first-order valence-electron chi connectivity index (χ1n) is 14.1. The van der Waals surface area contributed by atoms with Gasteiger partial charge in [-0.05, 0) is 114 Å². The van der Waals surface area contributed by atoms with E-state index in [4.69, 9.17) is 33.3 Å². The predicted molar refractivity (Wildman–Crippen MR) is 174 cm³/mol. The Kier molecular flexibility index (Phi) is 11.9. The van der Waals surface area contributed by atoms with E-state index in [1.807, 2.05) is 48.5 Å². The minimum atomic E-state index is -2.56. The van der Waals surface area contributed by atoms with Crippen molar-refractivity contribution in [2.45, 2.75) is 103 Å². The second kappa shape index (κ2) is 13.8. The zero-order chi connectivity index (χ0) is 29.5. The summed E-state index contributed by atoms with van der Waals surface area (Å²) in [5, 5.41) is 0. The third kappa shape index (κ3) is 11.1. The summed E-state index contributed by atoms with van der Waals surface area (Å²) in [5.41, 5.74) is 13.2. The summed E-state index contributed by atoms with van der Waals surface area (Å²) in [6, 6.07) is 15.2. The molecule has 0 amide bonds. The number of hydrogen-bond donors (Lipinski definition) is 2. The van der Waals surface area contributed by atoms with Gasteiger partial charge in [-0.15, -0.1) is 0 Å². The second-order valence-electron chi connectivity index (χ2n) is 12.2. The van der Waals surface area contributed by atoms with Crippen LogP contribution in [0.4, 0.5) is 11.4 Å². The van der Waals surface area contributed by atoms with Gasteiger partial charge in [-0.3, -0.25) is 0 Å². The Hall–Kier alpha value is -1.61. The van der Waals surface area contributed by atoms with Gasteiger partial charge in [0.05, 0.1) is 0 Å². The van der Waals surface area contributed by atoms with E-state index >= 15 is 0 Å². The van der Waals surface area contributed by atoms with Crippen LogP contribution in [0.5, 0.6) is 11.5 Å². The number of benzene rings is 2. The molecule has 0 fully saturated rings. The molecule has 2 atom stereocenters. The van der Waals surface area contributed by atoms with E-state index in [1.165, 1.54) is 0 Å². The van der Waals surface area contributed by atoms with E-state index in [2.05, 4.69) is 66.2 Å². The van der Waals surface area contributed by atoms with Crippen LogP contribution in [0.25, 0.3) is 0 Å². The maximum Gasteiger partial charge on any atom is 0.312 e. The zero-order valence-corrected chi connectivity index (χ0v) is 29.8. The maximum absolute atomic E-state index is 6.93. The SMILES string of the molecule is CCCC(Oc1ccc(N)cc1)[Si](C)(C)O[Si](C)(C)O[Si](C)(C)O[Si](C)(C)C(CCC)Oc1ccc(N)cc1. The molecule has 7 nitrogen and oxygen atoms in total. The summed E-state index contributed by atoms with van der Waals surface area (Å²) in [6.45, 7) is 21.8. The van der Waals surface area contributed by atoms with Gasteiger partial charge in [0.25, 0.3) is 0 Å². The lowest BCUT2D eigenvalue weighted by atomic mass is 10.3. The third-order valence-electron chi connectivity index (χ3n) is 6.48. The number of nitrogen functional groups attached to an aromatic ring is 2. The smallest absolute Gasteiger partial charge is 0.312 e. The molecule has 0 aliphatic rings. The van der Waals surface area contributed by atoms with Crippen molar-refractivity contribution in [2.75, 3.05) is 11.5 Å². The van der Waals surface area contributed by atoms with Crippen LogP contribution in [-0.2, 0) is 12.3 Å². The molecule has 2 rings (SSSR count). The summed E-state index contributed by atoms with van der Waals surface area (Å²) >= 11 is 0. The minimum absolute atomic E-state index is 0.000238. The molecule has 11 heteroatoms. The van der Waals surface area contributed by atoms with Crippen LogP contribution in [0, 0.1) is 0 Å². The maximum atomic E-state index is 6.93. The van der Waals surface area contributed by atoms with E-state index in [1.54, 1.807) is 0 Å². The van der Waals surface area contributed by atoms with Crippen molar-refractivity contribution in [3.05, 3.63) is 48.5 Å². The van der Waals surface area contributed by atoms with Crippen LogP contribution in [0.1, 0.15) is 39.5 Å². The molecule has 0 aliphatic carbocycles. The quantitative estimate of drug-likeness (QED) is 0.150.